The van der Waals surface area contributed by atoms with Gasteiger partial charge in [0.1, 0.15) is 18.1 Å². The highest BCUT2D eigenvalue weighted by molar-refractivity contribution is 7.92. The molecule has 0 aliphatic rings. The van der Waals surface area contributed by atoms with Crippen LogP contribution in [0.2, 0.25) is 0 Å². The number of anilines is 1. The Kier molecular flexibility index (Phi) is 7.94. The van der Waals surface area contributed by atoms with E-state index in [2.05, 4.69) is 5.32 Å². The molecule has 0 spiro atoms. The molecule has 0 saturated carbocycles. The quantitative estimate of drug-likeness (QED) is 0.446. The molecule has 32 heavy (non-hydrogen) atoms. The van der Waals surface area contributed by atoms with Gasteiger partial charge in [-0.05, 0) is 30.0 Å². The van der Waals surface area contributed by atoms with Crippen LogP contribution in [0.1, 0.15) is 12.8 Å². The fourth-order valence-corrected chi connectivity index (χ4v) is 4.35. The highest BCUT2D eigenvalue weighted by atomic mass is 32.2. The van der Waals surface area contributed by atoms with Crippen LogP contribution in [0.25, 0.3) is 10.8 Å². The Bertz CT molecular complexity index is 1160. The molecule has 3 rings (SSSR count). The van der Waals surface area contributed by atoms with Crippen molar-refractivity contribution in [2.45, 2.75) is 12.8 Å². The SMILES string of the molecule is COc1cccc(N(CCCC(=O)NCCOc2cccc3ccccc23)S(C)(=O)=O)c1. The second kappa shape index (κ2) is 10.9. The molecule has 0 saturated heterocycles. The minimum absolute atomic E-state index is 0.148. The van der Waals surface area contributed by atoms with Crippen LogP contribution in [-0.2, 0) is 14.8 Å². The van der Waals surface area contributed by atoms with Crippen molar-refractivity contribution in [3.8, 4) is 11.5 Å². The first kappa shape index (κ1) is 23.4. The largest absolute Gasteiger partial charge is 0.497 e. The molecule has 0 bridgehead atoms. The average molecular weight is 457 g/mol. The lowest BCUT2D eigenvalue weighted by molar-refractivity contribution is -0.121. The lowest BCUT2D eigenvalue weighted by Crippen LogP contribution is -2.32. The molecule has 0 heterocycles. The number of rotatable bonds is 11. The predicted octanol–water partition coefficient (Wildman–Crippen LogP) is 3.59. The van der Waals surface area contributed by atoms with Crippen molar-refractivity contribution in [1.29, 1.82) is 0 Å². The van der Waals surface area contributed by atoms with Crippen molar-refractivity contribution in [2.24, 2.45) is 0 Å². The number of benzene rings is 3. The Labute approximate surface area is 189 Å². The fraction of sp³-hybridized carbons (Fsp3) is 0.292. The number of nitrogens with zero attached hydrogens (tertiary/aromatic N) is 1. The summed E-state index contributed by atoms with van der Waals surface area (Å²) in [5.74, 6) is 1.20. The summed E-state index contributed by atoms with van der Waals surface area (Å²) in [5.41, 5.74) is 0.510. The van der Waals surface area contributed by atoms with Crippen molar-refractivity contribution in [1.82, 2.24) is 5.32 Å². The zero-order valence-corrected chi connectivity index (χ0v) is 19.1. The third kappa shape index (κ3) is 6.37. The summed E-state index contributed by atoms with van der Waals surface area (Å²) in [6.07, 6.45) is 1.75. The van der Waals surface area contributed by atoms with Crippen LogP contribution < -0.4 is 19.1 Å². The first-order valence-electron chi connectivity index (χ1n) is 10.4. The molecule has 7 nitrogen and oxygen atoms in total. The Morgan fingerprint density at radius 2 is 1.78 bits per heavy atom. The number of methoxy groups -OCH3 is 1. The summed E-state index contributed by atoms with van der Waals surface area (Å²) in [6.45, 7) is 0.915. The van der Waals surface area contributed by atoms with Crippen LogP contribution in [0.3, 0.4) is 0 Å². The second-order valence-electron chi connectivity index (χ2n) is 7.32. The topological polar surface area (TPSA) is 84.9 Å². The van der Waals surface area contributed by atoms with Gasteiger partial charge in [0.15, 0.2) is 0 Å². The van der Waals surface area contributed by atoms with E-state index in [0.29, 0.717) is 31.0 Å². The average Bonchev–Trinajstić information content (AvgIpc) is 2.79. The maximum Gasteiger partial charge on any atom is 0.232 e. The monoisotopic (exact) mass is 456 g/mol. The highest BCUT2D eigenvalue weighted by Crippen LogP contribution is 2.25. The second-order valence-corrected chi connectivity index (χ2v) is 9.22. The maximum atomic E-state index is 12.2. The Balaban J connectivity index is 1.45. The third-order valence-corrected chi connectivity index (χ3v) is 6.13. The van der Waals surface area contributed by atoms with E-state index in [1.807, 2.05) is 42.5 Å². The van der Waals surface area contributed by atoms with Crippen LogP contribution in [0.15, 0.2) is 66.7 Å². The summed E-state index contributed by atoms with van der Waals surface area (Å²) < 4.78 is 36.7. The van der Waals surface area contributed by atoms with E-state index >= 15 is 0 Å². The summed E-state index contributed by atoms with van der Waals surface area (Å²) in [5, 5.41) is 4.94. The van der Waals surface area contributed by atoms with Crippen molar-refractivity contribution in [3.63, 3.8) is 0 Å². The maximum absolute atomic E-state index is 12.2. The van der Waals surface area contributed by atoms with Gasteiger partial charge in [0, 0.05) is 24.4 Å². The van der Waals surface area contributed by atoms with E-state index in [-0.39, 0.29) is 18.9 Å². The van der Waals surface area contributed by atoms with Gasteiger partial charge in [-0.25, -0.2) is 8.42 Å². The Hall–Kier alpha value is -3.26. The fourth-order valence-electron chi connectivity index (χ4n) is 3.40. The predicted molar refractivity (Wildman–Crippen MR) is 127 cm³/mol. The molecule has 0 aromatic heterocycles. The van der Waals surface area contributed by atoms with Crippen LogP contribution in [0.5, 0.6) is 11.5 Å². The number of carbonyl (C=O) groups excluding carboxylic acids is 1. The van der Waals surface area contributed by atoms with Crippen molar-refractivity contribution in [3.05, 3.63) is 66.7 Å². The molecule has 3 aromatic rings. The highest BCUT2D eigenvalue weighted by Gasteiger charge is 2.18. The zero-order chi connectivity index (χ0) is 23.0. The van der Waals surface area contributed by atoms with E-state index in [0.717, 1.165) is 22.8 Å². The molecule has 1 N–H and O–H groups in total. The smallest absolute Gasteiger partial charge is 0.232 e. The molecule has 0 fully saturated rings. The van der Waals surface area contributed by atoms with Gasteiger partial charge in [-0.1, -0.05) is 42.5 Å². The summed E-state index contributed by atoms with van der Waals surface area (Å²) in [6, 6.07) is 20.7. The number of nitrogens with one attached hydrogen (secondary N) is 1. The van der Waals surface area contributed by atoms with Gasteiger partial charge < -0.3 is 14.8 Å². The normalized spacial score (nSPS) is 11.2. The van der Waals surface area contributed by atoms with Crippen LogP contribution in [-0.4, -0.2) is 47.4 Å². The van der Waals surface area contributed by atoms with Gasteiger partial charge in [-0.3, -0.25) is 9.10 Å². The molecule has 0 atom stereocenters. The van der Waals surface area contributed by atoms with Gasteiger partial charge in [0.25, 0.3) is 0 Å². The van der Waals surface area contributed by atoms with E-state index in [1.54, 1.807) is 24.3 Å². The summed E-state index contributed by atoms with van der Waals surface area (Å²) in [7, 11) is -1.96. The number of amides is 1. The van der Waals surface area contributed by atoms with Gasteiger partial charge in [-0.2, -0.15) is 0 Å². The van der Waals surface area contributed by atoms with Crippen LogP contribution >= 0.6 is 0 Å². The van der Waals surface area contributed by atoms with Crippen molar-refractivity contribution in [2.75, 3.05) is 37.4 Å². The number of sulfonamides is 1. The molecule has 0 radical (unpaired) electrons. The van der Waals surface area contributed by atoms with Gasteiger partial charge in [0.2, 0.25) is 15.9 Å². The van der Waals surface area contributed by atoms with Crippen LogP contribution in [0.4, 0.5) is 5.69 Å². The Morgan fingerprint density at radius 1 is 1.03 bits per heavy atom. The molecule has 0 aliphatic heterocycles. The minimum Gasteiger partial charge on any atom is -0.497 e. The molecular formula is C24H28N2O5S. The summed E-state index contributed by atoms with van der Waals surface area (Å²) >= 11 is 0. The van der Waals surface area contributed by atoms with Gasteiger partial charge in [-0.15, -0.1) is 0 Å². The van der Waals surface area contributed by atoms with E-state index in [9.17, 15) is 13.2 Å². The number of fused-ring (bicyclic) bond motifs is 1. The van der Waals surface area contributed by atoms with E-state index < -0.39 is 10.0 Å². The summed E-state index contributed by atoms with van der Waals surface area (Å²) in [4.78, 5) is 12.2. The molecule has 3 aromatic carbocycles. The lowest BCUT2D eigenvalue weighted by Gasteiger charge is -2.22. The molecule has 1 amide bonds. The molecule has 0 aliphatic carbocycles. The molecular weight excluding hydrogens is 428 g/mol. The zero-order valence-electron chi connectivity index (χ0n) is 18.3. The molecule has 170 valence electrons. The Morgan fingerprint density at radius 3 is 2.56 bits per heavy atom. The molecule has 0 unspecified atom stereocenters. The lowest BCUT2D eigenvalue weighted by atomic mass is 10.1. The number of ether oxygens (including phenoxy) is 2. The first-order chi connectivity index (χ1) is 15.4. The third-order valence-electron chi connectivity index (χ3n) is 4.94. The molecule has 8 heteroatoms. The number of carbonyl (C=O) groups is 1. The van der Waals surface area contributed by atoms with Crippen LogP contribution in [0, 0.1) is 0 Å². The van der Waals surface area contributed by atoms with Gasteiger partial charge >= 0.3 is 0 Å². The number of hydrogen-bond acceptors (Lipinski definition) is 5. The van der Waals surface area contributed by atoms with E-state index in [4.69, 9.17) is 9.47 Å². The first-order valence-corrected chi connectivity index (χ1v) is 12.2. The number of hydrogen-bond donors (Lipinski definition) is 1. The van der Waals surface area contributed by atoms with Crippen molar-refractivity contribution >= 4 is 32.4 Å². The van der Waals surface area contributed by atoms with E-state index in [1.165, 1.54) is 11.4 Å². The van der Waals surface area contributed by atoms with Crippen molar-refractivity contribution < 1.29 is 22.7 Å². The van der Waals surface area contributed by atoms with Gasteiger partial charge in [0.05, 0.1) is 25.6 Å². The standard InChI is InChI=1S/C24H28N2O5S/c1-30-21-11-6-10-20(18-21)26(32(2,28)29)16-7-14-24(27)25-15-17-31-23-13-5-9-19-8-3-4-12-22(19)23/h3-6,8-13,18H,7,14-17H2,1-2H3,(H,25,27). The minimum atomic E-state index is -3.48.